The van der Waals surface area contributed by atoms with Crippen LogP contribution in [0.5, 0.6) is 0 Å². The second-order valence-electron chi connectivity index (χ2n) is 12.2. The van der Waals surface area contributed by atoms with Crippen LogP contribution in [0.4, 0.5) is 0 Å². The molecule has 3 rings (SSSR count). The second-order valence-corrected chi connectivity index (χ2v) is 12.2. The van der Waals surface area contributed by atoms with Gasteiger partial charge in [0.15, 0.2) is 0 Å². The van der Waals surface area contributed by atoms with Crippen molar-refractivity contribution in [3.05, 3.63) is 23.3 Å². The Labute approximate surface area is 200 Å². The lowest BCUT2D eigenvalue weighted by Gasteiger charge is -2.44. The van der Waals surface area contributed by atoms with Crippen LogP contribution in [0.2, 0.25) is 0 Å². The molecule has 188 valence electrons. The van der Waals surface area contributed by atoms with E-state index in [0.717, 1.165) is 30.8 Å². The summed E-state index contributed by atoms with van der Waals surface area (Å²) < 4.78 is 0. The molecule has 3 aliphatic carbocycles. The number of rotatable bonds is 8. The third-order valence-corrected chi connectivity index (χ3v) is 9.07. The summed E-state index contributed by atoms with van der Waals surface area (Å²) in [6.07, 6.45) is 13.3. The van der Waals surface area contributed by atoms with Crippen LogP contribution in [-0.2, 0) is 4.79 Å². The number of primary amides is 1. The molecule has 3 aliphatic rings. The number of aliphatic hydroxyl groups excluding tert-OH is 2. The van der Waals surface area contributed by atoms with Gasteiger partial charge in [-0.2, -0.15) is 0 Å². The topological polar surface area (TPSA) is 104 Å². The molecule has 33 heavy (non-hydrogen) atoms. The Morgan fingerprint density at radius 3 is 2.48 bits per heavy atom. The number of carbonyl (C=O) groups excluding carboxylic acids is 1. The third kappa shape index (κ3) is 6.49. The summed E-state index contributed by atoms with van der Waals surface area (Å²) in [5, 5.41) is 31.0. The second kappa shape index (κ2) is 10.6. The van der Waals surface area contributed by atoms with Gasteiger partial charge in [-0.1, -0.05) is 50.0 Å². The molecular formula is C28H47NO4. The van der Waals surface area contributed by atoms with Crippen LogP contribution < -0.4 is 5.73 Å². The van der Waals surface area contributed by atoms with E-state index in [4.69, 9.17) is 5.73 Å². The molecule has 5 heteroatoms. The summed E-state index contributed by atoms with van der Waals surface area (Å²) in [5.41, 5.74) is 7.64. The number of nitrogens with two attached hydrogens (primary N) is 1. The molecule has 0 saturated heterocycles. The van der Waals surface area contributed by atoms with Gasteiger partial charge in [0.25, 0.3) is 0 Å². The van der Waals surface area contributed by atoms with Gasteiger partial charge in [0.05, 0.1) is 17.8 Å². The van der Waals surface area contributed by atoms with E-state index in [-0.39, 0.29) is 6.42 Å². The van der Waals surface area contributed by atoms with Crippen LogP contribution in [0.3, 0.4) is 0 Å². The van der Waals surface area contributed by atoms with Crippen molar-refractivity contribution in [2.45, 2.75) is 116 Å². The van der Waals surface area contributed by atoms with Gasteiger partial charge in [-0.05, 0) is 88.4 Å². The van der Waals surface area contributed by atoms with Gasteiger partial charge in [-0.25, -0.2) is 0 Å². The van der Waals surface area contributed by atoms with Gasteiger partial charge in [0.1, 0.15) is 0 Å². The molecule has 0 unspecified atom stereocenters. The van der Waals surface area contributed by atoms with E-state index in [1.54, 1.807) is 0 Å². The van der Waals surface area contributed by atoms with Crippen molar-refractivity contribution in [2.24, 2.45) is 34.8 Å². The van der Waals surface area contributed by atoms with E-state index in [2.05, 4.69) is 26.0 Å². The fourth-order valence-corrected chi connectivity index (χ4v) is 7.32. The number of hydrogen-bond donors (Lipinski definition) is 4. The predicted molar refractivity (Wildman–Crippen MR) is 132 cm³/mol. The van der Waals surface area contributed by atoms with Crippen LogP contribution in [0, 0.1) is 29.1 Å². The molecule has 0 radical (unpaired) electrons. The Hall–Kier alpha value is -1.17. The summed E-state index contributed by atoms with van der Waals surface area (Å²) in [5.74, 6) is 1.09. The highest BCUT2D eigenvalue weighted by Gasteiger charge is 2.50. The molecule has 6 atom stereocenters. The van der Waals surface area contributed by atoms with Crippen molar-refractivity contribution in [1.29, 1.82) is 0 Å². The molecule has 1 amide bonds. The lowest BCUT2D eigenvalue weighted by atomic mass is 9.60. The average Bonchev–Trinajstić information content (AvgIpc) is 3.05. The zero-order valence-corrected chi connectivity index (χ0v) is 21.2. The maximum Gasteiger partial charge on any atom is 0.217 e. The number of aliphatic hydroxyl groups is 3. The minimum Gasteiger partial charge on any atom is -0.392 e. The molecule has 0 spiro atoms. The molecule has 0 aromatic rings. The van der Waals surface area contributed by atoms with Gasteiger partial charge in [-0.15, -0.1) is 0 Å². The molecule has 3 saturated carbocycles. The Kier molecular flexibility index (Phi) is 8.51. The highest BCUT2D eigenvalue weighted by molar-refractivity contribution is 5.74. The van der Waals surface area contributed by atoms with Crippen LogP contribution in [0.1, 0.15) is 98.3 Å². The van der Waals surface area contributed by atoms with E-state index in [0.29, 0.717) is 30.1 Å². The van der Waals surface area contributed by atoms with Gasteiger partial charge >= 0.3 is 0 Å². The van der Waals surface area contributed by atoms with Gasteiger partial charge in [0.2, 0.25) is 5.91 Å². The largest absolute Gasteiger partial charge is 0.392 e. The van der Waals surface area contributed by atoms with E-state index in [9.17, 15) is 20.1 Å². The summed E-state index contributed by atoms with van der Waals surface area (Å²) in [6, 6.07) is 0. The highest BCUT2D eigenvalue weighted by atomic mass is 16.3. The summed E-state index contributed by atoms with van der Waals surface area (Å²) >= 11 is 0. The lowest BCUT2D eigenvalue weighted by Crippen LogP contribution is -2.39. The zero-order valence-electron chi connectivity index (χ0n) is 21.2. The molecule has 5 nitrogen and oxygen atoms in total. The monoisotopic (exact) mass is 461 g/mol. The Morgan fingerprint density at radius 2 is 1.88 bits per heavy atom. The fourth-order valence-electron chi connectivity index (χ4n) is 7.32. The van der Waals surface area contributed by atoms with Gasteiger partial charge < -0.3 is 21.1 Å². The smallest absolute Gasteiger partial charge is 0.217 e. The molecule has 5 N–H and O–H groups in total. The van der Waals surface area contributed by atoms with Crippen molar-refractivity contribution in [3.8, 4) is 0 Å². The maximum atomic E-state index is 11.2. The summed E-state index contributed by atoms with van der Waals surface area (Å²) in [4.78, 5) is 11.2. The number of allylic oxidation sites excluding steroid dienone is 3. The molecule has 0 bridgehead atoms. The van der Waals surface area contributed by atoms with Crippen molar-refractivity contribution >= 4 is 5.91 Å². The first kappa shape index (κ1) is 26.4. The Bertz CT molecular complexity index is 737. The van der Waals surface area contributed by atoms with Crippen molar-refractivity contribution in [1.82, 2.24) is 0 Å². The average molecular weight is 462 g/mol. The minimum absolute atomic E-state index is 0.0342. The summed E-state index contributed by atoms with van der Waals surface area (Å²) in [6.45, 7) is 8.72. The van der Waals surface area contributed by atoms with Crippen molar-refractivity contribution in [3.63, 3.8) is 0 Å². The molecule has 0 aromatic heterocycles. The van der Waals surface area contributed by atoms with Crippen molar-refractivity contribution < 1.29 is 20.1 Å². The van der Waals surface area contributed by atoms with E-state index >= 15 is 0 Å². The quantitative estimate of drug-likeness (QED) is 0.423. The molecular weight excluding hydrogens is 414 g/mol. The standard InChI is InChI=1S/C28H47NO4/c1-18(7-5-13-27(2,3)33)22-11-12-23-20(8-6-14-28(22,23)4)10-9-19-15-24(30)21(17-26(29)32)25(31)16-19/h9-10,18,21-25,30-31,33H,5-8,11-17H2,1-4H3,(H2,29,32)/b19-9?,20-10+/t18-,21?,22-,23+,24-,25-,28-/m1/s1. The van der Waals surface area contributed by atoms with Crippen LogP contribution >= 0.6 is 0 Å². The number of fused-ring (bicyclic) bond motifs is 1. The molecule has 0 aromatic carbocycles. The molecule has 0 heterocycles. The molecule has 0 aliphatic heterocycles. The minimum atomic E-state index is -0.719. The van der Waals surface area contributed by atoms with Gasteiger partial charge in [0, 0.05) is 12.3 Å². The highest BCUT2D eigenvalue weighted by Crippen LogP contribution is 2.60. The van der Waals surface area contributed by atoms with E-state index < -0.39 is 29.6 Å². The predicted octanol–water partition coefficient (Wildman–Crippen LogP) is 4.64. The maximum absolute atomic E-state index is 11.2. The Balaban J connectivity index is 1.66. The van der Waals surface area contributed by atoms with Crippen LogP contribution in [0.15, 0.2) is 23.3 Å². The third-order valence-electron chi connectivity index (χ3n) is 9.07. The number of hydrogen-bond acceptors (Lipinski definition) is 4. The van der Waals surface area contributed by atoms with Crippen LogP contribution in [-0.4, -0.2) is 39.0 Å². The Morgan fingerprint density at radius 1 is 1.21 bits per heavy atom. The van der Waals surface area contributed by atoms with Crippen LogP contribution in [0.25, 0.3) is 0 Å². The van der Waals surface area contributed by atoms with Crippen molar-refractivity contribution in [2.75, 3.05) is 0 Å². The first-order chi connectivity index (χ1) is 15.4. The molecule has 3 fully saturated rings. The normalized spacial score (nSPS) is 37.1. The van der Waals surface area contributed by atoms with E-state index in [1.807, 2.05) is 13.8 Å². The zero-order chi connectivity index (χ0) is 24.4. The number of amides is 1. The number of carbonyl (C=O) groups is 1. The summed E-state index contributed by atoms with van der Waals surface area (Å²) in [7, 11) is 0. The fraction of sp³-hybridized carbons (Fsp3) is 0.821. The van der Waals surface area contributed by atoms with Gasteiger partial charge in [-0.3, -0.25) is 4.79 Å². The lowest BCUT2D eigenvalue weighted by molar-refractivity contribution is -0.122. The SMILES string of the molecule is C[C@H](CCCC(C)(C)O)[C@H]1CC[C@H]2/C(=C/C=C3C[C@@H](O)C(CC(N)=O)[C@H](O)C3)CCC[C@]12C. The first-order valence-electron chi connectivity index (χ1n) is 13.2. The van der Waals surface area contributed by atoms with E-state index in [1.165, 1.54) is 37.7 Å². The first-order valence-corrected chi connectivity index (χ1v) is 13.2.